The quantitative estimate of drug-likeness (QED) is 0.550. The summed E-state index contributed by atoms with van der Waals surface area (Å²) in [5, 5.41) is 14.1. The SMILES string of the molecule is O=C(Nc1nc(CN2CCCCC2)cs1)c1nnn(-c2ccc(Br)cc2)c1C1CC1. The maximum atomic E-state index is 13.0. The number of anilines is 1. The number of halogens is 1. The lowest BCUT2D eigenvalue weighted by Gasteiger charge is -2.25. The van der Waals surface area contributed by atoms with Crippen molar-refractivity contribution in [3.8, 4) is 5.69 Å². The first kappa shape index (κ1) is 19.8. The summed E-state index contributed by atoms with van der Waals surface area (Å²) in [5.41, 5.74) is 3.20. The summed E-state index contributed by atoms with van der Waals surface area (Å²) < 4.78 is 2.80. The lowest BCUT2D eigenvalue weighted by molar-refractivity contribution is 0.102. The minimum atomic E-state index is -0.237. The average molecular weight is 487 g/mol. The predicted molar refractivity (Wildman–Crippen MR) is 120 cm³/mol. The first-order valence-corrected chi connectivity index (χ1v) is 12.0. The first-order valence-electron chi connectivity index (χ1n) is 10.4. The summed E-state index contributed by atoms with van der Waals surface area (Å²) in [6.45, 7) is 3.10. The number of benzene rings is 1. The normalized spacial score (nSPS) is 17.2. The van der Waals surface area contributed by atoms with Crippen molar-refractivity contribution in [2.45, 2.75) is 44.6 Å². The molecule has 3 aromatic rings. The highest BCUT2D eigenvalue weighted by Crippen LogP contribution is 2.42. The fourth-order valence-electron chi connectivity index (χ4n) is 3.89. The van der Waals surface area contributed by atoms with E-state index in [0.29, 0.717) is 16.7 Å². The average Bonchev–Trinajstić information content (AvgIpc) is 3.35. The molecule has 1 amide bonds. The van der Waals surface area contributed by atoms with Crippen LogP contribution in [0.25, 0.3) is 5.69 Å². The number of hydrogen-bond donors (Lipinski definition) is 1. The van der Waals surface area contributed by atoms with Gasteiger partial charge in [0.05, 0.1) is 17.1 Å². The topological polar surface area (TPSA) is 75.9 Å². The fraction of sp³-hybridized carbons (Fsp3) is 0.429. The number of nitrogens with one attached hydrogen (secondary N) is 1. The van der Waals surface area contributed by atoms with Gasteiger partial charge in [-0.05, 0) is 63.0 Å². The van der Waals surface area contributed by atoms with E-state index >= 15 is 0 Å². The zero-order valence-electron chi connectivity index (χ0n) is 16.6. The molecule has 7 nitrogen and oxygen atoms in total. The van der Waals surface area contributed by atoms with Gasteiger partial charge in [-0.25, -0.2) is 9.67 Å². The molecule has 0 spiro atoms. The van der Waals surface area contributed by atoms with Crippen LogP contribution in [-0.4, -0.2) is 43.9 Å². The summed E-state index contributed by atoms with van der Waals surface area (Å²) in [5.74, 6) is 0.0921. The van der Waals surface area contributed by atoms with Crippen molar-refractivity contribution in [1.82, 2.24) is 24.9 Å². The molecule has 9 heteroatoms. The number of nitrogens with zero attached hydrogens (tertiary/aromatic N) is 5. The third-order valence-corrected chi connectivity index (χ3v) is 6.90. The van der Waals surface area contributed by atoms with Crippen molar-refractivity contribution >= 4 is 38.3 Å². The second kappa shape index (κ2) is 8.56. The van der Waals surface area contributed by atoms with Crippen molar-refractivity contribution in [3.05, 3.63) is 51.2 Å². The molecule has 1 aromatic carbocycles. The second-order valence-electron chi connectivity index (χ2n) is 7.92. The van der Waals surface area contributed by atoms with Gasteiger partial charge in [0.15, 0.2) is 10.8 Å². The van der Waals surface area contributed by atoms with Crippen molar-refractivity contribution in [2.75, 3.05) is 18.4 Å². The van der Waals surface area contributed by atoms with Crippen molar-refractivity contribution in [1.29, 1.82) is 0 Å². The Labute approximate surface area is 187 Å². The highest BCUT2D eigenvalue weighted by molar-refractivity contribution is 9.10. The van der Waals surface area contributed by atoms with E-state index in [9.17, 15) is 4.79 Å². The van der Waals surface area contributed by atoms with Crippen LogP contribution in [0.1, 0.15) is 59.9 Å². The van der Waals surface area contributed by atoms with E-state index in [0.717, 1.165) is 54.0 Å². The van der Waals surface area contributed by atoms with Gasteiger partial charge in [-0.2, -0.15) is 0 Å². The Morgan fingerprint density at radius 2 is 1.93 bits per heavy atom. The monoisotopic (exact) mass is 486 g/mol. The number of carbonyl (C=O) groups is 1. The van der Waals surface area contributed by atoms with Gasteiger partial charge in [-0.3, -0.25) is 15.0 Å². The number of likely N-dealkylation sites (tertiary alicyclic amines) is 1. The van der Waals surface area contributed by atoms with E-state index < -0.39 is 0 Å². The van der Waals surface area contributed by atoms with Crippen LogP contribution in [0.15, 0.2) is 34.1 Å². The molecule has 1 aliphatic heterocycles. The second-order valence-corrected chi connectivity index (χ2v) is 9.69. The van der Waals surface area contributed by atoms with Gasteiger partial charge in [0.1, 0.15) is 0 Å². The van der Waals surface area contributed by atoms with E-state index in [-0.39, 0.29) is 5.91 Å². The Morgan fingerprint density at radius 1 is 1.17 bits per heavy atom. The summed E-state index contributed by atoms with van der Waals surface area (Å²) in [6.07, 6.45) is 5.94. The smallest absolute Gasteiger partial charge is 0.279 e. The lowest BCUT2D eigenvalue weighted by Crippen LogP contribution is -2.29. The zero-order chi connectivity index (χ0) is 20.5. The molecule has 1 aliphatic carbocycles. The molecule has 1 saturated heterocycles. The summed E-state index contributed by atoms with van der Waals surface area (Å²) in [4.78, 5) is 20.0. The van der Waals surface area contributed by atoms with Gasteiger partial charge in [-0.15, -0.1) is 16.4 Å². The van der Waals surface area contributed by atoms with Crippen LogP contribution in [0.2, 0.25) is 0 Å². The highest BCUT2D eigenvalue weighted by atomic mass is 79.9. The minimum Gasteiger partial charge on any atom is -0.297 e. The molecule has 2 aliphatic rings. The molecule has 2 aromatic heterocycles. The van der Waals surface area contributed by atoms with Gasteiger partial charge >= 0.3 is 0 Å². The van der Waals surface area contributed by atoms with Crippen molar-refractivity contribution in [2.24, 2.45) is 0 Å². The number of thiazole rings is 1. The van der Waals surface area contributed by atoms with Crippen molar-refractivity contribution in [3.63, 3.8) is 0 Å². The molecule has 0 bridgehead atoms. The summed E-state index contributed by atoms with van der Waals surface area (Å²) in [6, 6.07) is 7.87. The molecule has 1 saturated carbocycles. The molecular formula is C21H23BrN6OS. The van der Waals surface area contributed by atoms with Crippen LogP contribution in [-0.2, 0) is 6.54 Å². The molecule has 156 valence electrons. The number of carbonyl (C=O) groups excluding carboxylic acids is 1. The van der Waals surface area contributed by atoms with Gasteiger partial charge < -0.3 is 0 Å². The molecule has 30 heavy (non-hydrogen) atoms. The maximum absolute atomic E-state index is 13.0. The molecule has 3 heterocycles. The highest BCUT2D eigenvalue weighted by Gasteiger charge is 2.34. The zero-order valence-corrected chi connectivity index (χ0v) is 19.0. The van der Waals surface area contributed by atoms with Crippen LogP contribution in [0.3, 0.4) is 0 Å². The Bertz CT molecular complexity index is 1040. The Morgan fingerprint density at radius 3 is 2.67 bits per heavy atom. The van der Waals surface area contributed by atoms with Gasteiger partial charge in [0.25, 0.3) is 5.91 Å². The van der Waals surface area contributed by atoms with E-state index in [1.165, 1.54) is 30.6 Å². The lowest BCUT2D eigenvalue weighted by atomic mass is 10.1. The Kier molecular flexibility index (Phi) is 5.66. The summed E-state index contributed by atoms with van der Waals surface area (Å²) >= 11 is 4.92. The number of piperidine rings is 1. The molecule has 0 unspecified atom stereocenters. The number of hydrogen-bond acceptors (Lipinski definition) is 6. The van der Waals surface area contributed by atoms with E-state index in [1.807, 2.05) is 29.6 Å². The molecule has 5 rings (SSSR count). The van der Waals surface area contributed by atoms with Crippen molar-refractivity contribution < 1.29 is 4.79 Å². The number of rotatable bonds is 6. The van der Waals surface area contributed by atoms with Crippen LogP contribution in [0, 0.1) is 0 Å². The molecule has 0 radical (unpaired) electrons. The maximum Gasteiger partial charge on any atom is 0.279 e. The summed E-state index contributed by atoms with van der Waals surface area (Å²) in [7, 11) is 0. The standard InChI is InChI=1S/C21H23BrN6OS/c22-15-6-8-17(9-7-15)28-19(14-4-5-14)18(25-26-28)20(29)24-21-23-16(13-30-21)12-27-10-2-1-3-11-27/h6-9,13-14H,1-5,10-12H2,(H,23,24,29). The van der Waals surface area contributed by atoms with Crippen LogP contribution in [0.4, 0.5) is 5.13 Å². The fourth-order valence-corrected chi connectivity index (χ4v) is 4.85. The first-order chi connectivity index (χ1) is 14.7. The van der Waals surface area contributed by atoms with E-state index in [4.69, 9.17) is 0 Å². The van der Waals surface area contributed by atoms with Crippen LogP contribution >= 0.6 is 27.3 Å². The minimum absolute atomic E-state index is 0.237. The third-order valence-electron chi connectivity index (χ3n) is 5.56. The van der Waals surface area contributed by atoms with Gasteiger partial charge in [-0.1, -0.05) is 27.6 Å². The number of aromatic nitrogens is 4. The van der Waals surface area contributed by atoms with Crippen LogP contribution < -0.4 is 5.32 Å². The molecule has 1 N–H and O–H groups in total. The van der Waals surface area contributed by atoms with Gasteiger partial charge in [0, 0.05) is 22.3 Å². The third kappa shape index (κ3) is 4.33. The predicted octanol–water partition coefficient (Wildman–Crippen LogP) is 4.60. The number of amides is 1. The van der Waals surface area contributed by atoms with E-state index in [2.05, 4.69) is 41.4 Å². The van der Waals surface area contributed by atoms with Crippen LogP contribution in [0.5, 0.6) is 0 Å². The Hall–Kier alpha value is -2.10. The van der Waals surface area contributed by atoms with E-state index in [1.54, 1.807) is 4.68 Å². The largest absolute Gasteiger partial charge is 0.297 e. The van der Waals surface area contributed by atoms with Gasteiger partial charge in [0.2, 0.25) is 0 Å². The molecule has 0 atom stereocenters. The molecular weight excluding hydrogens is 464 g/mol. The Balaban J connectivity index is 1.32. The molecule has 2 fully saturated rings.